The molecule has 1 aromatic heterocycles. The lowest BCUT2D eigenvalue weighted by Gasteiger charge is -2.08. The third-order valence-corrected chi connectivity index (χ3v) is 4.00. The molecule has 0 radical (unpaired) electrons. The summed E-state index contributed by atoms with van der Waals surface area (Å²) in [5.41, 5.74) is -0.0809. The number of nitrogens with two attached hydrogens (primary N) is 1. The number of aromatic nitrogens is 2. The first-order chi connectivity index (χ1) is 9.77. The minimum absolute atomic E-state index is 0.0111. The Morgan fingerprint density at radius 2 is 2.00 bits per heavy atom. The number of benzene rings is 1. The quantitative estimate of drug-likeness (QED) is 0.717. The Kier molecular flexibility index (Phi) is 4.21. The number of primary sulfonamides is 1. The molecule has 0 aliphatic carbocycles. The van der Waals surface area contributed by atoms with E-state index >= 15 is 0 Å². The van der Waals surface area contributed by atoms with Gasteiger partial charge in [-0.2, -0.15) is 5.10 Å². The van der Waals surface area contributed by atoms with E-state index in [1.807, 2.05) is 0 Å². The van der Waals surface area contributed by atoms with Crippen LogP contribution in [0.2, 0.25) is 0 Å². The van der Waals surface area contributed by atoms with E-state index in [2.05, 4.69) is 31.4 Å². The highest BCUT2D eigenvalue weighted by Gasteiger charge is 2.13. The fourth-order valence-corrected chi connectivity index (χ4v) is 2.60. The van der Waals surface area contributed by atoms with Crippen LogP contribution in [-0.4, -0.2) is 24.5 Å². The second kappa shape index (κ2) is 5.76. The first-order valence-electron chi connectivity index (χ1n) is 5.47. The molecule has 0 saturated carbocycles. The average molecular weight is 373 g/mol. The first kappa shape index (κ1) is 15.4. The summed E-state index contributed by atoms with van der Waals surface area (Å²) >= 11 is 3.14. The zero-order chi connectivity index (χ0) is 15.6. The first-order valence-corrected chi connectivity index (χ1v) is 7.81. The molecule has 10 heteroatoms. The number of hydrogen-bond acceptors (Lipinski definition) is 5. The number of H-pyrrole nitrogens is 1. The highest BCUT2D eigenvalue weighted by atomic mass is 79.9. The maximum atomic E-state index is 11.9. The van der Waals surface area contributed by atoms with Crippen molar-refractivity contribution in [3.8, 4) is 0 Å². The van der Waals surface area contributed by atoms with Gasteiger partial charge in [0, 0.05) is 10.5 Å². The SMILES string of the molecule is NS(=O)(=O)c1ccc(NC(=O)c2ccc(=O)[nH]n2)c(Br)c1. The lowest BCUT2D eigenvalue weighted by molar-refractivity contribution is 0.102. The number of rotatable bonds is 3. The lowest BCUT2D eigenvalue weighted by atomic mass is 10.3. The summed E-state index contributed by atoms with van der Waals surface area (Å²) in [6, 6.07) is 6.34. The van der Waals surface area contributed by atoms with Gasteiger partial charge in [0.1, 0.15) is 5.69 Å². The molecule has 1 heterocycles. The van der Waals surface area contributed by atoms with Crippen LogP contribution >= 0.6 is 15.9 Å². The molecule has 0 bridgehead atoms. The van der Waals surface area contributed by atoms with Crippen LogP contribution in [0.25, 0.3) is 0 Å². The molecule has 0 atom stereocenters. The van der Waals surface area contributed by atoms with E-state index in [4.69, 9.17) is 5.14 Å². The molecule has 2 aromatic rings. The molecule has 2 rings (SSSR count). The predicted molar refractivity (Wildman–Crippen MR) is 78.3 cm³/mol. The van der Waals surface area contributed by atoms with Crippen molar-refractivity contribution in [2.45, 2.75) is 4.90 Å². The van der Waals surface area contributed by atoms with Gasteiger partial charge in [0.05, 0.1) is 10.6 Å². The molecule has 1 amide bonds. The predicted octanol–water partition coefficient (Wildman–Crippen LogP) is 0.432. The van der Waals surface area contributed by atoms with Crippen LogP contribution in [0, 0.1) is 0 Å². The minimum Gasteiger partial charge on any atom is -0.320 e. The molecule has 8 nitrogen and oxygen atoms in total. The van der Waals surface area contributed by atoms with Gasteiger partial charge in [-0.25, -0.2) is 18.7 Å². The van der Waals surface area contributed by atoms with Crippen LogP contribution in [0.4, 0.5) is 5.69 Å². The topological polar surface area (TPSA) is 135 Å². The Balaban J connectivity index is 2.26. The number of anilines is 1. The van der Waals surface area contributed by atoms with Crippen molar-refractivity contribution < 1.29 is 13.2 Å². The molecule has 110 valence electrons. The number of nitrogens with one attached hydrogen (secondary N) is 2. The second-order valence-electron chi connectivity index (χ2n) is 3.95. The van der Waals surface area contributed by atoms with Gasteiger partial charge in [0.15, 0.2) is 0 Å². The summed E-state index contributed by atoms with van der Waals surface area (Å²) in [4.78, 5) is 22.7. The van der Waals surface area contributed by atoms with Crippen LogP contribution in [0.15, 0.2) is 44.5 Å². The Morgan fingerprint density at radius 3 is 2.52 bits per heavy atom. The van der Waals surface area contributed by atoms with Crippen molar-refractivity contribution in [1.29, 1.82) is 0 Å². The Morgan fingerprint density at radius 1 is 1.29 bits per heavy atom. The van der Waals surface area contributed by atoms with Crippen LogP contribution in [-0.2, 0) is 10.0 Å². The number of sulfonamides is 1. The van der Waals surface area contributed by atoms with E-state index < -0.39 is 21.5 Å². The largest absolute Gasteiger partial charge is 0.320 e. The molecule has 0 fully saturated rings. The third kappa shape index (κ3) is 3.74. The van der Waals surface area contributed by atoms with Gasteiger partial charge in [-0.15, -0.1) is 0 Å². The van der Waals surface area contributed by atoms with Gasteiger partial charge in [-0.3, -0.25) is 9.59 Å². The summed E-state index contributed by atoms with van der Waals surface area (Å²) in [6.07, 6.45) is 0. The van der Waals surface area contributed by atoms with Gasteiger partial charge in [0.25, 0.3) is 11.5 Å². The van der Waals surface area contributed by atoms with Crippen molar-refractivity contribution in [2.75, 3.05) is 5.32 Å². The highest BCUT2D eigenvalue weighted by molar-refractivity contribution is 9.10. The number of carbonyl (C=O) groups excluding carboxylic acids is 1. The van der Waals surface area contributed by atoms with Crippen molar-refractivity contribution in [2.24, 2.45) is 5.14 Å². The number of carbonyl (C=O) groups is 1. The van der Waals surface area contributed by atoms with Crippen LogP contribution in [0.5, 0.6) is 0 Å². The van der Waals surface area contributed by atoms with Gasteiger partial charge in [0.2, 0.25) is 10.0 Å². The van der Waals surface area contributed by atoms with Crippen molar-refractivity contribution in [3.63, 3.8) is 0 Å². The minimum atomic E-state index is -3.82. The zero-order valence-corrected chi connectivity index (χ0v) is 12.7. The van der Waals surface area contributed by atoms with Crippen LogP contribution in [0.3, 0.4) is 0 Å². The van der Waals surface area contributed by atoms with E-state index in [0.717, 1.165) is 0 Å². The number of aromatic amines is 1. The smallest absolute Gasteiger partial charge is 0.276 e. The zero-order valence-electron chi connectivity index (χ0n) is 10.3. The fourth-order valence-electron chi connectivity index (χ4n) is 1.43. The van der Waals surface area contributed by atoms with E-state index in [1.165, 1.54) is 30.3 Å². The standard InChI is InChI=1S/C11H9BrN4O4S/c12-7-5-6(21(13,19)20)1-2-8(7)14-11(18)9-3-4-10(17)16-15-9/h1-5H,(H,14,18)(H,16,17)(H2,13,19,20). The lowest BCUT2D eigenvalue weighted by Crippen LogP contribution is -2.18. The molecule has 0 aliphatic rings. The molecule has 0 unspecified atom stereocenters. The van der Waals surface area contributed by atoms with Crippen molar-refractivity contribution in [1.82, 2.24) is 10.2 Å². The van der Waals surface area contributed by atoms with E-state index in [0.29, 0.717) is 10.2 Å². The maximum Gasteiger partial charge on any atom is 0.276 e. The summed E-state index contributed by atoms with van der Waals surface area (Å²) in [5.74, 6) is -0.560. The van der Waals surface area contributed by atoms with Gasteiger partial charge >= 0.3 is 0 Å². The van der Waals surface area contributed by atoms with E-state index in [-0.39, 0.29) is 10.6 Å². The monoisotopic (exact) mass is 372 g/mol. The molecule has 0 saturated heterocycles. The normalized spacial score (nSPS) is 11.1. The molecule has 21 heavy (non-hydrogen) atoms. The maximum absolute atomic E-state index is 11.9. The fraction of sp³-hybridized carbons (Fsp3) is 0. The Labute approximate surface area is 127 Å². The molecule has 0 spiro atoms. The summed E-state index contributed by atoms with van der Waals surface area (Å²) < 4.78 is 22.7. The molecular weight excluding hydrogens is 364 g/mol. The third-order valence-electron chi connectivity index (χ3n) is 2.43. The van der Waals surface area contributed by atoms with E-state index in [9.17, 15) is 18.0 Å². The Bertz CT molecular complexity index is 842. The summed E-state index contributed by atoms with van der Waals surface area (Å²) in [6.45, 7) is 0. The number of hydrogen-bond donors (Lipinski definition) is 3. The summed E-state index contributed by atoms with van der Waals surface area (Å²) in [7, 11) is -3.82. The van der Waals surface area contributed by atoms with Crippen LogP contribution in [0.1, 0.15) is 10.5 Å². The molecule has 0 aliphatic heterocycles. The molecule has 4 N–H and O–H groups in total. The number of nitrogens with zero attached hydrogens (tertiary/aromatic N) is 1. The van der Waals surface area contributed by atoms with E-state index in [1.54, 1.807) is 0 Å². The number of halogens is 1. The van der Waals surface area contributed by atoms with Gasteiger partial charge < -0.3 is 5.32 Å². The molecule has 1 aromatic carbocycles. The summed E-state index contributed by atoms with van der Waals surface area (Å²) in [5, 5.41) is 13.2. The molecular formula is C11H9BrN4O4S. The highest BCUT2D eigenvalue weighted by Crippen LogP contribution is 2.25. The van der Waals surface area contributed by atoms with Gasteiger partial charge in [-0.05, 0) is 40.2 Å². The van der Waals surface area contributed by atoms with Crippen molar-refractivity contribution in [3.05, 3.63) is 50.9 Å². The average Bonchev–Trinajstić information content (AvgIpc) is 2.40. The van der Waals surface area contributed by atoms with Gasteiger partial charge in [-0.1, -0.05) is 0 Å². The van der Waals surface area contributed by atoms with Crippen molar-refractivity contribution >= 4 is 37.5 Å². The Hall–Kier alpha value is -2.04. The second-order valence-corrected chi connectivity index (χ2v) is 6.36. The number of amides is 1. The van der Waals surface area contributed by atoms with Crippen LogP contribution < -0.4 is 16.0 Å².